The molecule has 8 heteroatoms. The number of aromatic nitrogens is 1. The van der Waals surface area contributed by atoms with E-state index in [0.717, 1.165) is 56.5 Å². The summed E-state index contributed by atoms with van der Waals surface area (Å²) >= 11 is 0. The van der Waals surface area contributed by atoms with Crippen LogP contribution >= 0.6 is 0 Å². The van der Waals surface area contributed by atoms with Crippen LogP contribution in [0.4, 0.5) is 18.9 Å². The molecule has 1 spiro atoms. The average molecular weight is 458 g/mol. The lowest BCUT2D eigenvalue weighted by atomic mass is 9.72. The molecule has 0 radical (unpaired) electrons. The molecule has 1 N–H and O–H groups in total. The standard InChI is InChI=1S/C25H30F3N5/c26-25(27,28)21-16-33(22-5-4-18(13-29)23-20(22)3-1-9-31-23)15-19(21)14-32-12-2-6-24(17-32)7-10-30-11-8-24/h1,3-5,9,19,21,30H,2,6-8,10-12,14-17H2/t19-,21-/m0/s1. The minimum Gasteiger partial charge on any atom is -0.370 e. The highest BCUT2D eigenvalue weighted by Gasteiger charge is 2.50. The number of piperidine rings is 2. The van der Waals surface area contributed by atoms with E-state index in [-0.39, 0.29) is 12.0 Å². The minimum atomic E-state index is -4.23. The molecular weight excluding hydrogens is 427 g/mol. The lowest BCUT2D eigenvalue weighted by molar-refractivity contribution is -0.180. The quantitative estimate of drug-likeness (QED) is 0.749. The fourth-order valence-electron chi connectivity index (χ4n) is 6.31. The number of pyridine rings is 1. The van der Waals surface area contributed by atoms with Crippen LogP contribution in [-0.2, 0) is 0 Å². The maximum atomic E-state index is 14.1. The summed E-state index contributed by atoms with van der Waals surface area (Å²) in [6.45, 7) is 4.63. The number of fused-ring (bicyclic) bond motifs is 1. The van der Waals surface area contributed by atoms with Crippen LogP contribution in [0.2, 0.25) is 0 Å². The summed E-state index contributed by atoms with van der Waals surface area (Å²) in [5, 5.41) is 13.6. The molecule has 0 aliphatic carbocycles. The predicted molar refractivity (Wildman–Crippen MR) is 122 cm³/mol. The third-order valence-corrected chi connectivity index (χ3v) is 7.97. The third-order valence-electron chi connectivity index (χ3n) is 7.97. The van der Waals surface area contributed by atoms with Crippen molar-refractivity contribution in [2.75, 3.05) is 50.7 Å². The topological polar surface area (TPSA) is 55.2 Å². The number of likely N-dealkylation sites (tertiary alicyclic amines) is 1. The smallest absolute Gasteiger partial charge is 0.370 e. The number of alkyl halides is 3. The molecule has 33 heavy (non-hydrogen) atoms. The number of hydrogen-bond donors (Lipinski definition) is 1. The predicted octanol–water partition coefficient (Wildman–Crippen LogP) is 4.19. The molecule has 3 fully saturated rings. The highest BCUT2D eigenvalue weighted by molar-refractivity contribution is 5.95. The number of anilines is 1. The van der Waals surface area contributed by atoms with Crippen molar-refractivity contribution in [1.29, 1.82) is 5.26 Å². The van der Waals surface area contributed by atoms with E-state index in [1.807, 2.05) is 11.0 Å². The first-order valence-corrected chi connectivity index (χ1v) is 11.9. The molecule has 3 aliphatic heterocycles. The molecule has 0 saturated carbocycles. The van der Waals surface area contributed by atoms with Gasteiger partial charge in [-0.15, -0.1) is 0 Å². The fraction of sp³-hybridized carbons (Fsp3) is 0.600. The molecule has 2 aromatic rings. The van der Waals surface area contributed by atoms with Crippen molar-refractivity contribution in [3.63, 3.8) is 0 Å². The molecule has 4 heterocycles. The SMILES string of the molecule is N#Cc1ccc(N2C[C@H](CN3CCCC4(CCNCC4)C3)[C@@H](C(F)(F)F)C2)c2cccnc12. The first kappa shape index (κ1) is 22.4. The summed E-state index contributed by atoms with van der Waals surface area (Å²) < 4.78 is 42.4. The van der Waals surface area contributed by atoms with Gasteiger partial charge >= 0.3 is 6.18 Å². The Morgan fingerprint density at radius 2 is 1.97 bits per heavy atom. The van der Waals surface area contributed by atoms with Crippen LogP contribution < -0.4 is 10.2 Å². The second-order valence-electron chi connectivity index (χ2n) is 10.0. The number of nitrogens with one attached hydrogen (secondary N) is 1. The Morgan fingerprint density at radius 1 is 1.15 bits per heavy atom. The van der Waals surface area contributed by atoms with Crippen molar-refractivity contribution in [2.24, 2.45) is 17.3 Å². The molecule has 1 aromatic heterocycles. The Morgan fingerprint density at radius 3 is 2.73 bits per heavy atom. The molecule has 3 aliphatic rings. The first-order valence-electron chi connectivity index (χ1n) is 11.9. The highest BCUT2D eigenvalue weighted by atomic mass is 19.4. The van der Waals surface area contributed by atoms with Gasteiger partial charge in [-0.1, -0.05) is 0 Å². The van der Waals surface area contributed by atoms with Gasteiger partial charge < -0.3 is 15.1 Å². The summed E-state index contributed by atoms with van der Waals surface area (Å²) in [5.41, 5.74) is 2.00. The second-order valence-corrected chi connectivity index (χ2v) is 10.0. The molecule has 2 atom stereocenters. The zero-order valence-electron chi connectivity index (χ0n) is 18.7. The Labute approximate surface area is 192 Å². The summed E-state index contributed by atoms with van der Waals surface area (Å²) in [4.78, 5) is 8.49. The van der Waals surface area contributed by atoms with Crippen LogP contribution in [-0.4, -0.2) is 61.9 Å². The molecule has 3 saturated heterocycles. The summed E-state index contributed by atoms with van der Waals surface area (Å²) in [6, 6.07) is 9.21. The van der Waals surface area contributed by atoms with Gasteiger partial charge in [-0.2, -0.15) is 18.4 Å². The van der Waals surface area contributed by atoms with Gasteiger partial charge in [0.05, 0.1) is 17.0 Å². The molecule has 0 bridgehead atoms. The Kier molecular flexibility index (Phi) is 5.96. The number of benzene rings is 1. The van der Waals surface area contributed by atoms with Gasteiger partial charge in [0.2, 0.25) is 0 Å². The van der Waals surface area contributed by atoms with E-state index < -0.39 is 18.0 Å². The molecule has 5 nitrogen and oxygen atoms in total. The van der Waals surface area contributed by atoms with Crippen LogP contribution in [0.1, 0.15) is 31.2 Å². The fourth-order valence-corrected chi connectivity index (χ4v) is 6.31. The van der Waals surface area contributed by atoms with E-state index in [2.05, 4.69) is 21.3 Å². The van der Waals surface area contributed by atoms with Crippen LogP contribution in [0.5, 0.6) is 0 Å². The first-order chi connectivity index (χ1) is 15.9. The molecular formula is C25H30F3N5. The van der Waals surface area contributed by atoms with Gasteiger partial charge in [-0.3, -0.25) is 4.98 Å². The number of hydrogen-bond acceptors (Lipinski definition) is 5. The van der Waals surface area contributed by atoms with Crippen molar-refractivity contribution in [3.8, 4) is 6.07 Å². The third kappa shape index (κ3) is 4.41. The van der Waals surface area contributed by atoms with Gasteiger partial charge in [0.25, 0.3) is 0 Å². The number of nitrogens with zero attached hydrogens (tertiary/aromatic N) is 4. The summed E-state index contributed by atoms with van der Waals surface area (Å²) in [5.74, 6) is -1.82. The van der Waals surface area contributed by atoms with E-state index in [1.54, 1.807) is 24.4 Å². The van der Waals surface area contributed by atoms with Gasteiger partial charge in [0, 0.05) is 49.4 Å². The minimum absolute atomic E-state index is 0.0486. The van der Waals surface area contributed by atoms with Gasteiger partial charge in [0.1, 0.15) is 6.07 Å². The molecule has 0 unspecified atom stereocenters. The van der Waals surface area contributed by atoms with Crippen LogP contribution in [0, 0.1) is 28.6 Å². The van der Waals surface area contributed by atoms with Crippen LogP contribution in [0.15, 0.2) is 30.5 Å². The van der Waals surface area contributed by atoms with Crippen LogP contribution in [0.25, 0.3) is 10.9 Å². The number of nitriles is 1. The van der Waals surface area contributed by atoms with Gasteiger partial charge in [-0.25, -0.2) is 0 Å². The molecule has 176 valence electrons. The average Bonchev–Trinajstić information content (AvgIpc) is 3.23. The Hall–Kier alpha value is -2.37. The van der Waals surface area contributed by atoms with E-state index in [4.69, 9.17) is 0 Å². The Balaban J connectivity index is 1.39. The lowest BCUT2D eigenvalue weighted by Crippen LogP contribution is -2.50. The van der Waals surface area contributed by atoms with Crippen molar-refractivity contribution in [3.05, 3.63) is 36.0 Å². The van der Waals surface area contributed by atoms with Crippen molar-refractivity contribution in [2.45, 2.75) is 31.9 Å². The van der Waals surface area contributed by atoms with Crippen molar-refractivity contribution in [1.82, 2.24) is 15.2 Å². The van der Waals surface area contributed by atoms with E-state index in [0.29, 0.717) is 24.2 Å². The van der Waals surface area contributed by atoms with E-state index in [1.165, 1.54) is 6.42 Å². The molecule has 5 rings (SSSR count). The zero-order chi connectivity index (χ0) is 23.1. The number of rotatable bonds is 3. The zero-order valence-corrected chi connectivity index (χ0v) is 18.7. The van der Waals surface area contributed by atoms with E-state index in [9.17, 15) is 18.4 Å². The number of halogens is 3. The summed E-state index contributed by atoms with van der Waals surface area (Å²) in [7, 11) is 0. The van der Waals surface area contributed by atoms with Crippen molar-refractivity contribution < 1.29 is 13.2 Å². The monoisotopic (exact) mass is 457 g/mol. The normalized spacial score (nSPS) is 26.1. The summed E-state index contributed by atoms with van der Waals surface area (Å²) in [6.07, 6.45) is 1.88. The Bertz CT molecular complexity index is 1030. The molecule has 1 aromatic carbocycles. The van der Waals surface area contributed by atoms with Crippen LogP contribution in [0.3, 0.4) is 0 Å². The highest BCUT2D eigenvalue weighted by Crippen LogP contribution is 2.43. The maximum absolute atomic E-state index is 14.1. The second kappa shape index (κ2) is 8.77. The van der Waals surface area contributed by atoms with Gasteiger partial charge in [0.15, 0.2) is 0 Å². The van der Waals surface area contributed by atoms with Gasteiger partial charge in [-0.05, 0) is 75.0 Å². The largest absolute Gasteiger partial charge is 0.393 e. The van der Waals surface area contributed by atoms with E-state index >= 15 is 0 Å². The van der Waals surface area contributed by atoms with Crippen molar-refractivity contribution >= 4 is 16.6 Å². The lowest BCUT2D eigenvalue weighted by Gasteiger charge is -2.46. The maximum Gasteiger partial charge on any atom is 0.393 e. The molecule has 0 amide bonds.